The second kappa shape index (κ2) is 9.17. The van der Waals surface area contributed by atoms with Crippen LogP contribution in [0, 0.1) is 0 Å². The first-order valence-corrected chi connectivity index (χ1v) is 10.9. The monoisotopic (exact) mass is 432 g/mol. The van der Waals surface area contributed by atoms with Gasteiger partial charge in [0.15, 0.2) is 0 Å². The van der Waals surface area contributed by atoms with Gasteiger partial charge >= 0.3 is 0 Å². The van der Waals surface area contributed by atoms with Gasteiger partial charge in [0.1, 0.15) is 11.3 Å². The van der Waals surface area contributed by atoms with Crippen LogP contribution in [-0.4, -0.2) is 49.0 Å². The standard InChI is InChI=1S/C23H24N6O3/c30-22(28-12-3-1-2-4-13-28)11-14-29-20-9-7-17(16-19(20)25-27-29)23-24-21(32-26-23)10-8-18-6-5-15-31-18/h5-10,15-16H,1-4,11-14H2. The Balaban J connectivity index is 1.26. The molecule has 4 aromatic rings. The van der Waals surface area contributed by atoms with Crippen LogP contribution in [0.3, 0.4) is 0 Å². The zero-order chi connectivity index (χ0) is 21.8. The molecule has 1 aliphatic heterocycles. The Kier molecular flexibility index (Phi) is 5.78. The van der Waals surface area contributed by atoms with Crippen molar-refractivity contribution in [2.45, 2.75) is 38.6 Å². The number of carbonyl (C=O) groups excluding carboxylic acids is 1. The summed E-state index contributed by atoms with van der Waals surface area (Å²) >= 11 is 0. The molecular formula is C23H24N6O3. The third-order valence-corrected chi connectivity index (χ3v) is 5.64. The first-order valence-electron chi connectivity index (χ1n) is 10.9. The number of aromatic nitrogens is 5. The molecule has 0 spiro atoms. The molecular weight excluding hydrogens is 408 g/mol. The third-order valence-electron chi connectivity index (χ3n) is 5.64. The third kappa shape index (κ3) is 4.46. The molecule has 9 nitrogen and oxygen atoms in total. The lowest BCUT2D eigenvalue weighted by atomic mass is 10.2. The quantitative estimate of drug-likeness (QED) is 0.453. The van der Waals surface area contributed by atoms with Crippen molar-refractivity contribution in [2.24, 2.45) is 0 Å². The summed E-state index contributed by atoms with van der Waals surface area (Å²) in [5, 5.41) is 12.5. The van der Waals surface area contributed by atoms with E-state index in [0.717, 1.165) is 42.5 Å². The fourth-order valence-corrected chi connectivity index (χ4v) is 3.92. The molecule has 1 fully saturated rings. The molecule has 32 heavy (non-hydrogen) atoms. The van der Waals surface area contributed by atoms with Crippen LogP contribution in [0.15, 0.2) is 45.5 Å². The van der Waals surface area contributed by atoms with Crippen molar-refractivity contribution >= 4 is 29.1 Å². The highest BCUT2D eigenvalue weighted by Gasteiger charge is 2.16. The van der Waals surface area contributed by atoms with Gasteiger partial charge in [-0.2, -0.15) is 4.98 Å². The van der Waals surface area contributed by atoms with E-state index < -0.39 is 0 Å². The Morgan fingerprint density at radius 2 is 1.97 bits per heavy atom. The molecule has 5 rings (SSSR count). The van der Waals surface area contributed by atoms with E-state index in [1.54, 1.807) is 23.1 Å². The van der Waals surface area contributed by atoms with Crippen LogP contribution in [0.2, 0.25) is 0 Å². The maximum Gasteiger partial charge on any atom is 0.251 e. The average Bonchev–Trinajstić information content (AvgIpc) is 3.54. The molecule has 1 aliphatic rings. The number of furan rings is 1. The van der Waals surface area contributed by atoms with E-state index in [-0.39, 0.29) is 5.91 Å². The van der Waals surface area contributed by atoms with Crippen LogP contribution in [-0.2, 0) is 11.3 Å². The number of fused-ring (bicyclic) bond motifs is 1. The van der Waals surface area contributed by atoms with Crippen molar-refractivity contribution < 1.29 is 13.7 Å². The Morgan fingerprint density at radius 1 is 1.09 bits per heavy atom. The van der Waals surface area contributed by atoms with E-state index in [1.165, 1.54) is 12.8 Å². The molecule has 0 unspecified atom stereocenters. The number of likely N-dealkylation sites (tertiary alicyclic amines) is 1. The summed E-state index contributed by atoms with van der Waals surface area (Å²) in [5.41, 5.74) is 2.38. The minimum atomic E-state index is 0.189. The Morgan fingerprint density at radius 3 is 2.78 bits per heavy atom. The predicted octanol–water partition coefficient (Wildman–Crippen LogP) is 4.04. The summed E-state index contributed by atoms with van der Waals surface area (Å²) in [5.74, 6) is 1.75. The van der Waals surface area contributed by atoms with Crippen molar-refractivity contribution in [1.29, 1.82) is 0 Å². The fraction of sp³-hybridized carbons (Fsp3) is 0.348. The Hall–Kier alpha value is -3.75. The summed E-state index contributed by atoms with van der Waals surface area (Å²) in [6.45, 7) is 2.24. The van der Waals surface area contributed by atoms with Crippen LogP contribution in [0.5, 0.6) is 0 Å². The van der Waals surface area contributed by atoms with Crippen molar-refractivity contribution in [3.63, 3.8) is 0 Å². The number of amides is 1. The number of benzene rings is 1. The van der Waals surface area contributed by atoms with Crippen LogP contribution in [0.25, 0.3) is 34.6 Å². The number of rotatable bonds is 6. The van der Waals surface area contributed by atoms with Gasteiger partial charge in [-0.05, 0) is 49.2 Å². The van der Waals surface area contributed by atoms with Gasteiger partial charge in [0.2, 0.25) is 11.7 Å². The topological polar surface area (TPSA) is 103 Å². The van der Waals surface area contributed by atoms with Gasteiger partial charge in [0.05, 0.1) is 18.3 Å². The van der Waals surface area contributed by atoms with E-state index in [2.05, 4.69) is 20.5 Å². The van der Waals surface area contributed by atoms with Gasteiger partial charge in [-0.1, -0.05) is 23.2 Å². The minimum Gasteiger partial charge on any atom is -0.465 e. The van der Waals surface area contributed by atoms with Gasteiger partial charge < -0.3 is 13.8 Å². The molecule has 1 aromatic carbocycles. The highest BCUT2D eigenvalue weighted by atomic mass is 16.5. The largest absolute Gasteiger partial charge is 0.465 e. The number of nitrogens with zero attached hydrogens (tertiary/aromatic N) is 6. The molecule has 1 saturated heterocycles. The maximum atomic E-state index is 12.6. The number of hydrogen-bond acceptors (Lipinski definition) is 7. The lowest BCUT2D eigenvalue weighted by Gasteiger charge is -2.20. The zero-order valence-corrected chi connectivity index (χ0v) is 17.7. The lowest BCUT2D eigenvalue weighted by molar-refractivity contribution is -0.131. The predicted molar refractivity (Wildman–Crippen MR) is 118 cm³/mol. The first kappa shape index (κ1) is 20.2. The number of carbonyl (C=O) groups is 1. The molecule has 3 aromatic heterocycles. The van der Waals surface area contributed by atoms with E-state index in [4.69, 9.17) is 8.94 Å². The van der Waals surface area contributed by atoms with Crippen LogP contribution >= 0.6 is 0 Å². The molecule has 4 heterocycles. The van der Waals surface area contributed by atoms with Gasteiger partial charge in [-0.3, -0.25) is 4.79 Å². The van der Waals surface area contributed by atoms with E-state index in [9.17, 15) is 4.79 Å². The zero-order valence-electron chi connectivity index (χ0n) is 17.7. The normalized spacial score (nSPS) is 14.9. The molecule has 0 aliphatic carbocycles. The molecule has 0 bridgehead atoms. The van der Waals surface area contributed by atoms with Gasteiger partial charge in [0, 0.05) is 31.1 Å². The molecule has 0 radical (unpaired) electrons. The van der Waals surface area contributed by atoms with Gasteiger partial charge in [-0.25, -0.2) is 4.68 Å². The number of hydrogen-bond donors (Lipinski definition) is 0. The van der Waals surface area contributed by atoms with Gasteiger partial charge in [0.25, 0.3) is 5.89 Å². The van der Waals surface area contributed by atoms with Crippen LogP contribution in [0.4, 0.5) is 0 Å². The molecule has 0 saturated carbocycles. The smallest absolute Gasteiger partial charge is 0.251 e. The minimum absolute atomic E-state index is 0.189. The highest BCUT2D eigenvalue weighted by Crippen LogP contribution is 2.22. The Labute approximate surface area is 184 Å². The molecule has 0 atom stereocenters. The highest BCUT2D eigenvalue weighted by molar-refractivity contribution is 5.80. The molecule has 9 heteroatoms. The molecule has 164 valence electrons. The number of aryl methyl sites for hydroxylation is 1. The summed E-state index contributed by atoms with van der Waals surface area (Å²) in [7, 11) is 0. The van der Waals surface area contributed by atoms with Crippen LogP contribution < -0.4 is 0 Å². The fourth-order valence-electron chi connectivity index (χ4n) is 3.92. The van der Waals surface area contributed by atoms with E-state index >= 15 is 0 Å². The van der Waals surface area contributed by atoms with Crippen LogP contribution in [0.1, 0.15) is 43.8 Å². The second-order valence-corrected chi connectivity index (χ2v) is 7.87. The summed E-state index contributed by atoms with van der Waals surface area (Å²) in [6, 6.07) is 9.36. The van der Waals surface area contributed by atoms with Crippen molar-refractivity contribution in [3.8, 4) is 11.4 Å². The maximum absolute atomic E-state index is 12.6. The molecule has 0 N–H and O–H groups in total. The molecule has 1 amide bonds. The van der Waals surface area contributed by atoms with Crippen molar-refractivity contribution in [1.82, 2.24) is 30.0 Å². The van der Waals surface area contributed by atoms with E-state index in [1.807, 2.05) is 35.2 Å². The first-order chi connectivity index (χ1) is 15.8. The summed E-state index contributed by atoms with van der Waals surface area (Å²) < 4.78 is 12.3. The van der Waals surface area contributed by atoms with Crippen molar-refractivity contribution in [3.05, 3.63) is 48.2 Å². The Bertz CT molecular complexity index is 1220. The van der Waals surface area contributed by atoms with Crippen molar-refractivity contribution in [2.75, 3.05) is 13.1 Å². The van der Waals surface area contributed by atoms with E-state index in [0.29, 0.717) is 30.4 Å². The second-order valence-electron chi connectivity index (χ2n) is 7.87. The summed E-state index contributed by atoms with van der Waals surface area (Å²) in [6.07, 6.45) is 10.1. The summed E-state index contributed by atoms with van der Waals surface area (Å²) in [4.78, 5) is 19.0. The SMILES string of the molecule is O=C(CCn1nnc2cc(-c3noc(C=Cc4ccco4)n3)ccc21)N1CCCCCC1. The average molecular weight is 432 g/mol. The lowest BCUT2D eigenvalue weighted by Crippen LogP contribution is -2.32. The van der Waals surface area contributed by atoms with Gasteiger partial charge in [-0.15, -0.1) is 5.10 Å².